The zero-order valence-electron chi connectivity index (χ0n) is 21.6. The first-order valence-corrected chi connectivity index (χ1v) is 12.2. The highest BCUT2D eigenvalue weighted by Gasteiger charge is 2.23. The van der Waals surface area contributed by atoms with E-state index in [1.807, 2.05) is 27.7 Å². The first kappa shape index (κ1) is 30.1. The van der Waals surface area contributed by atoms with Crippen molar-refractivity contribution in [3.8, 4) is 11.5 Å². The summed E-state index contributed by atoms with van der Waals surface area (Å²) in [6.45, 7) is 11.2. The molecule has 0 aromatic heterocycles. The average Bonchev–Trinajstić information content (AvgIpc) is 2.77. The van der Waals surface area contributed by atoms with E-state index >= 15 is 0 Å². The van der Waals surface area contributed by atoms with Crippen LogP contribution in [0.5, 0.6) is 11.5 Å². The fourth-order valence-electron chi connectivity index (χ4n) is 3.01. The quantitative estimate of drug-likeness (QED) is 0.276. The summed E-state index contributed by atoms with van der Waals surface area (Å²) in [5.41, 5.74) is 0.567. The molecule has 1 rings (SSSR count). The molecule has 0 amide bonds. The third kappa shape index (κ3) is 10.9. The number of aliphatic carboxylic acids is 1. The van der Waals surface area contributed by atoms with Crippen molar-refractivity contribution in [1.82, 2.24) is 5.32 Å². The summed E-state index contributed by atoms with van der Waals surface area (Å²) in [5, 5.41) is 12.6. The molecule has 1 aromatic rings. The molecule has 9 heteroatoms. The Kier molecular flexibility index (Phi) is 13.0. The van der Waals surface area contributed by atoms with Crippen LogP contribution >= 0.6 is 0 Å². The second-order valence-electron chi connectivity index (χ2n) is 9.01. The Hall–Kier alpha value is -2.94. The molecule has 35 heavy (non-hydrogen) atoms. The number of ether oxygens (including phenoxy) is 3. The van der Waals surface area contributed by atoms with Crippen LogP contribution in [-0.4, -0.2) is 47.7 Å². The molecule has 0 saturated carbocycles. The van der Waals surface area contributed by atoms with Gasteiger partial charge in [0, 0.05) is 19.4 Å². The van der Waals surface area contributed by atoms with Crippen LogP contribution in [-0.2, 0) is 30.3 Å². The number of hydrogen-bond donors (Lipinski definition) is 2. The van der Waals surface area contributed by atoms with Gasteiger partial charge >= 0.3 is 23.9 Å². The molecular weight excluding hydrogens is 454 g/mol. The van der Waals surface area contributed by atoms with Gasteiger partial charge in [0.15, 0.2) is 11.5 Å². The minimum absolute atomic E-state index is 0.0690. The second kappa shape index (κ2) is 15.1. The average molecular weight is 494 g/mol. The summed E-state index contributed by atoms with van der Waals surface area (Å²) in [5.74, 6) is -2.28. The van der Waals surface area contributed by atoms with Crippen molar-refractivity contribution in [3.63, 3.8) is 0 Å². The molecule has 0 aliphatic carbocycles. The molecule has 0 radical (unpaired) electrons. The van der Waals surface area contributed by atoms with Gasteiger partial charge < -0.3 is 24.6 Å². The van der Waals surface area contributed by atoms with Gasteiger partial charge in [-0.2, -0.15) is 0 Å². The Bertz CT molecular complexity index is 867. The predicted molar refractivity (Wildman–Crippen MR) is 130 cm³/mol. The summed E-state index contributed by atoms with van der Waals surface area (Å²) in [6.07, 6.45) is 1.16. The highest BCUT2D eigenvalue weighted by atomic mass is 16.6. The first-order chi connectivity index (χ1) is 16.5. The summed E-state index contributed by atoms with van der Waals surface area (Å²) >= 11 is 0. The van der Waals surface area contributed by atoms with Crippen LogP contribution in [0.15, 0.2) is 18.2 Å². The highest BCUT2D eigenvalue weighted by molar-refractivity contribution is 5.77. The van der Waals surface area contributed by atoms with Crippen molar-refractivity contribution < 1.29 is 38.5 Å². The monoisotopic (exact) mass is 493 g/mol. The SMILES string of the molecule is CCCC(=O)Oc1ccc(C[C@H](NCC(C)OC(=O)C(C)C(C)C)C(=O)O)cc1OC(=O)CCC. The minimum atomic E-state index is -1.08. The first-order valence-electron chi connectivity index (χ1n) is 12.2. The van der Waals surface area contributed by atoms with Crippen molar-refractivity contribution in [2.75, 3.05) is 6.54 Å². The fourth-order valence-corrected chi connectivity index (χ4v) is 3.01. The maximum Gasteiger partial charge on any atom is 0.321 e. The normalized spacial score (nSPS) is 13.6. The molecule has 0 aliphatic heterocycles. The van der Waals surface area contributed by atoms with Gasteiger partial charge in [-0.05, 0) is 49.8 Å². The van der Waals surface area contributed by atoms with E-state index < -0.39 is 30.1 Å². The van der Waals surface area contributed by atoms with Gasteiger partial charge in [-0.3, -0.25) is 19.2 Å². The predicted octanol–water partition coefficient (Wildman–Crippen LogP) is 3.91. The summed E-state index contributed by atoms with van der Waals surface area (Å²) in [7, 11) is 0. The van der Waals surface area contributed by atoms with Crippen LogP contribution < -0.4 is 14.8 Å². The molecule has 1 aromatic carbocycles. The molecular formula is C26H39NO8. The van der Waals surface area contributed by atoms with E-state index in [2.05, 4.69) is 5.32 Å². The number of hydrogen-bond acceptors (Lipinski definition) is 8. The van der Waals surface area contributed by atoms with Gasteiger partial charge in [-0.1, -0.05) is 40.7 Å². The third-order valence-electron chi connectivity index (χ3n) is 5.44. The molecule has 0 spiro atoms. The van der Waals surface area contributed by atoms with Crippen molar-refractivity contribution in [1.29, 1.82) is 0 Å². The van der Waals surface area contributed by atoms with Crippen LogP contribution in [0, 0.1) is 11.8 Å². The smallest absolute Gasteiger partial charge is 0.321 e. The number of carbonyl (C=O) groups is 4. The zero-order valence-corrected chi connectivity index (χ0v) is 21.6. The van der Waals surface area contributed by atoms with Crippen molar-refractivity contribution in [2.45, 2.75) is 85.8 Å². The Morgan fingerprint density at radius 1 is 0.914 bits per heavy atom. The van der Waals surface area contributed by atoms with Gasteiger partial charge in [-0.25, -0.2) is 0 Å². The molecule has 0 bridgehead atoms. The number of benzene rings is 1. The number of carboxylic acids is 1. The van der Waals surface area contributed by atoms with Crippen LogP contribution in [0.25, 0.3) is 0 Å². The number of carboxylic acid groups (broad SMARTS) is 1. The highest BCUT2D eigenvalue weighted by Crippen LogP contribution is 2.30. The van der Waals surface area contributed by atoms with Gasteiger partial charge in [0.2, 0.25) is 0 Å². The van der Waals surface area contributed by atoms with Crippen LogP contribution in [0.2, 0.25) is 0 Å². The van der Waals surface area contributed by atoms with Crippen molar-refractivity contribution in [3.05, 3.63) is 23.8 Å². The summed E-state index contributed by atoms with van der Waals surface area (Å²) in [6, 6.07) is 3.64. The topological polar surface area (TPSA) is 128 Å². The van der Waals surface area contributed by atoms with E-state index in [0.717, 1.165) is 0 Å². The lowest BCUT2D eigenvalue weighted by molar-refractivity contribution is -0.154. The molecule has 3 atom stereocenters. The number of nitrogens with one attached hydrogen (secondary N) is 1. The van der Waals surface area contributed by atoms with Gasteiger partial charge in [0.1, 0.15) is 12.1 Å². The Balaban J connectivity index is 2.94. The molecule has 0 aliphatic rings. The fraction of sp³-hybridized carbons (Fsp3) is 0.615. The number of rotatable bonds is 15. The molecule has 0 heterocycles. The minimum Gasteiger partial charge on any atom is -0.480 e. The molecule has 196 valence electrons. The van der Waals surface area contributed by atoms with Crippen LogP contribution in [0.3, 0.4) is 0 Å². The van der Waals surface area contributed by atoms with Gasteiger partial charge in [0.25, 0.3) is 0 Å². The maximum absolute atomic E-state index is 12.1. The lowest BCUT2D eigenvalue weighted by atomic mass is 9.98. The Morgan fingerprint density at radius 3 is 2.00 bits per heavy atom. The molecule has 9 nitrogen and oxygen atoms in total. The Morgan fingerprint density at radius 2 is 1.49 bits per heavy atom. The van der Waals surface area contributed by atoms with E-state index in [-0.39, 0.29) is 55.1 Å². The van der Waals surface area contributed by atoms with Crippen LogP contribution in [0.1, 0.15) is 72.8 Å². The Labute approximate surface area is 207 Å². The second-order valence-corrected chi connectivity index (χ2v) is 9.01. The molecule has 2 unspecified atom stereocenters. The lowest BCUT2D eigenvalue weighted by Crippen LogP contribution is -2.43. The van der Waals surface area contributed by atoms with Gasteiger partial charge in [0.05, 0.1) is 5.92 Å². The molecule has 0 fully saturated rings. The number of esters is 3. The largest absolute Gasteiger partial charge is 0.480 e. The maximum atomic E-state index is 12.1. The van der Waals surface area contributed by atoms with Crippen molar-refractivity contribution in [2.24, 2.45) is 11.8 Å². The van der Waals surface area contributed by atoms with E-state index in [1.165, 1.54) is 12.1 Å². The number of carbonyl (C=O) groups excluding carboxylic acids is 3. The van der Waals surface area contributed by atoms with Crippen molar-refractivity contribution >= 4 is 23.9 Å². The summed E-state index contributed by atoms with van der Waals surface area (Å²) in [4.78, 5) is 48.0. The van der Waals surface area contributed by atoms with E-state index in [0.29, 0.717) is 18.4 Å². The van der Waals surface area contributed by atoms with E-state index in [9.17, 15) is 24.3 Å². The third-order valence-corrected chi connectivity index (χ3v) is 5.44. The summed E-state index contributed by atoms with van der Waals surface area (Å²) < 4.78 is 16.1. The van der Waals surface area contributed by atoms with Crippen LogP contribution in [0.4, 0.5) is 0 Å². The van der Waals surface area contributed by atoms with Gasteiger partial charge in [-0.15, -0.1) is 0 Å². The van der Waals surface area contributed by atoms with E-state index in [1.54, 1.807) is 19.9 Å². The zero-order chi connectivity index (χ0) is 26.5. The standard InChI is InChI=1S/C26H39NO8/c1-7-9-23(28)34-21-12-11-19(14-22(21)35-24(29)10-8-2)13-20(25(30)31)27-15-17(5)33-26(32)18(6)16(3)4/h11-12,14,16-18,20,27H,7-10,13,15H2,1-6H3,(H,30,31)/t17?,18?,20-/m0/s1. The molecule has 2 N–H and O–H groups in total. The van der Waals surface area contributed by atoms with E-state index in [4.69, 9.17) is 14.2 Å². The molecule has 0 saturated heterocycles. The lowest BCUT2D eigenvalue weighted by Gasteiger charge is -2.21.